The molecule has 0 amide bonds. The summed E-state index contributed by atoms with van der Waals surface area (Å²) in [5, 5.41) is 0.747. The third-order valence-electron chi connectivity index (χ3n) is 3.24. The van der Waals surface area contributed by atoms with Crippen molar-refractivity contribution in [3.63, 3.8) is 0 Å². The van der Waals surface area contributed by atoms with Crippen LogP contribution in [0.3, 0.4) is 0 Å². The van der Waals surface area contributed by atoms with Gasteiger partial charge in [-0.3, -0.25) is 0 Å². The van der Waals surface area contributed by atoms with Crippen LogP contribution in [0.15, 0.2) is 24.3 Å². The number of nitrogens with two attached hydrogens (primary N) is 1. The molecule has 1 aliphatic heterocycles. The summed E-state index contributed by atoms with van der Waals surface area (Å²) in [4.78, 5) is 0. The first-order valence-electron chi connectivity index (χ1n) is 5.23. The second kappa shape index (κ2) is 4.12. The highest BCUT2D eigenvalue weighted by Crippen LogP contribution is 2.32. The van der Waals surface area contributed by atoms with Gasteiger partial charge in [-0.25, -0.2) is 0 Å². The Hall–Kier alpha value is -0.570. The minimum atomic E-state index is -0.318. The summed E-state index contributed by atoms with van der Waals surface area (Å²) in [7, 11) is 0. The van der Waals surface area contributed by atoms with Crippen molar-refractivity contribution < 1.29 is 4.74 Å². The fraction of sp³-hybridized carbons (Fsp3) is 0.500. The topological polar surface area (TPSA) is 35.2 Å². The Bertz CT molecular complexity index is 328. The molecule has 1 aliphatic rings. The van der Waals surface area contributed by atoms with Crippen LogP contribution in [0.5, 0.6) is 0 Å². The molecule has 0 radical (unpaired) electrons. The van der Waals surface area contributed by atoms with Crippen LogP contribution >= 0.6 is 11.6 Å². The lowest BCUT2D eigenvalue weighted by Gasteiger charge is -2.31. The Morgan fingerprint density at radius 2 is 2.07 bits per heavy atom. The Labute approximate surface area is 95.4 Å². The molecule has 2 rings (SSSR count). The average molecular weight is 226 g/mol. The third-order valence-corrected chi connectivity index (χ3v) is 3.50. The minimum absolute atomic E-state index is 0.318. The molecule has 1 saturated heterocycles. The number of ether oxygens (including phenoxy) is 1. The van der Waals surface area contributed by atoms with Crippen LogP contribution in [0.2, 0.25) is 5.02 Å². The molecule has 1 aromatic carbocycles. The van der Waals surface area contributed by atoms with Gasteiger partial charge >= 0.3 is 0 Å². The molecule has 15 heavy (non-hydrogen) atoms. The van der Waals surface area contributed by atoms with Crippen LogP contribution in [0.1, 0.15) is 18.9 Å². The summed E-state index contributed by atoms with van der Waals surface area (Å²) >= 11 is 5.86. The smallest absolute Gasteiger partial charge is 0.0515 e. The van der Waals surface area contributed by atoms with Crippen molar-refractivity contribution in [3.05, 3.63) is 34.9 Å². The fourth-order valence-electron chi connectivity index (χ4n) is 2.05. The Morgan fingerprint density at radius 3 is 2.60 bits per heavy atom. The van der Waals surface area contributed by atoms with Gasteiger partial charge in [0.1, 0.15) is 0 Å². The zero-order valence-electron chi connectivity index (χ0n) is 8.87. The number of hydrogen-bond donors (Lipinski definition) is 1. The molecule has 0 bridgehead atoms. The highest BCUT2D eigenvalue weighted by molar-refractivity contribution is 6.30. The molecule has 0 spiro atoms. The lowest BCUT2D eigenvalue weighted by atomic mass is 9.80. The lowest BCUT2D eigenvalue weighted by Crippen LogP contribution is -2.41. The minimum Gasteiger partial charge on any atom is -0.381 e. The van der Waals surface area contributed by atoms with E-state index in [-0.39, 0.29) is 5.54 Å². The van der Waals surface area contributed by atoms with E-state index in [4.69, 9.17) is 22.1 Å². The predicted molar refractivity (Wildman–Crippen MR) is 61.9 cm³/mol. The molecule has 0 aromatic heterocycles. The van der Waals surface area contributed by atoms with Gasteiger partial charge in [0.05, 0.1) is 6.61 Å². The Balaban J connectivity index is 2.23. The third kappa shape index (κ3) is 2.17. The van der Waals surface area contributed by atoms with Gasteiger partial charge in [-0.2, -0.15) is 0 Å². The van der Waals surface area contributed by atoms with Crippen molar-refractivity contribution in [2.45, 2.75) is 18.9 Å². The molecule has 3 heteroatoms. The zero-order valence-corrected chi connectivity index (χ0v) is 9.63. The average Bonchev–Trinajstić information content (AvgIpc) is 2.71. The van der Waals surface area contributed by atoms with E-state index in [1.807, 2.05) is 24.3 Å². The summed E-state index contributed by atoms with van der Waals surface area (Å²) in [6.45, 7) is 3.65. The molecule has 1 heterocycles. The van der Waals surface area contributed by atoms with E-state index in [1.165, 1.54) is 0 Å². The molecule has 1 aromatic rings. The van der Waals surface area contributed by atoms with Crippen molar-refractivity contribution >= 4 is 11.6 Å². The number of benzene rings is 1. The molecule has 2 nitrogen and oxygen atoms in total. The van der Waals surface area contributed by atoms with Crippen molar-refractivity contribution in [1.82, 2.24) is 0 Å². The Morgan fingerprint density at radius 1 is 1.40 bits per heavy atom. The maximum atomic E-state index is 6.37. The van der Waals surface area contributed by atoms with Gasteiger partial charge in [0.25, 0.3) is 0 Å². The van der Waals surface area contributed by atoms with Crippen molar-refractivity contribution in [3.8, 4) is 0 Å². The van der Waals surface area contributed by atoms with E-state index in [2.05, 4.69) is 6.92 Å². The summed E-state index contributed by atoms with van der Waals surface area (Å²) in [6, 6.07) is 7.77. The van der Waals surface area contributed by atoms with Gasteiger partial charge < -0.3 is 10.5 Å². The van der Waals surface area contributed by atoms with E-state index >= 15 is 0 Å². The van der Waals surface area contributed by atoms with E-state index in [0.29, 0.717) is 5.92 Å². The van der Waals surface area contributed by atoms with Crippen LogP contribution in [-0.4, -0.2) is 13.2 Å². The van der Waals surface area contributed by atoms with E-state index < -0.39 is 0 Å². The van der Waals surface area contributed by atoms with Gasteiger partial charge in [0.2, 0.25) is 0 Å². The second-order valence-electron chi connectivity index (χ2n) is 4.35. The van der Waals surface area contributed by atoms with E-state index in [1.54, 1.807) is 0 Å². The van der Waals surface area contributed by atoms with Crippen molar-refractivity contribution in [2.24, 2.45) is 11.7 Å². The van der Waals surface area contributed by atoms with Crippen LogP contribution in [0.4, 0.5) is 0 Å². The molecule has 2 N–H and O–H groups in total. The van der Waals surface area contributed by atoms with E-state index in [0.717, 1.165) is 30.2 Å². The number of rotatable bonds is 2. The second-order valence-corrected chi connectivity index (χ2v) is 4.79. The summed E-state index contributed by atoms with van der Waals surface area (Å²) in [6.07, 6.45) is 1.04. The first kappa shape index (κ1) is 10.9. The summed E-state index contributed by atoms with van der Waals surface area (Å²) in [5.41, 5.74) is 7.18. The lowest BCUT2D eigenvalue weighted by molar-refractivity contribution is 0.166. The molecule has 0 aliphatic carbocycles. The monoisotopic (exact) mass is 225 g/mol. The van der Waals surface area contributed by atoms with Crippen LogP contribution < -0.4 is 5.73 Å². The zero-order chi connectivity index (χ0) is 10.9. The first-order chi connectivity index (χ1) is 7.10. The van der Waals surface area contributed by atoms with Gasteiger partial charge in [0, 0.05) is 23.1 Å². The highest BCUT2D eigenvalue weighted by Gasteiger charge is 2.34. The summed E-state index contributed by atoms with van der Waals surface area (Å²) in [5.74, 6) is 0.402. The van der Waals surface area contributed by atoms with Crippen LogP contribution in [-0.2, 0) is 10.3 Å². The predicted octanol–water partition coefficient (Wildman–Crippen LogP) is 2.55. The van der Waals surface area contributed by atoms with Gasteiger partial charge in [0.15, 0.2) is 0 Å². The number of halogens is 1. The standard InChI is InChI=1S/C12H16ClNO/c1-12(14,10-6-7-15-8-10)9-2-4-11(13)5-3-9/h2-5,10H,6-8,14H2,1H3. The molecule has 1 fully saturated rings. The quantitative estimate of drug-likeness (QED) is 0.840. The Kier molecular flexibility index (Phi) is 3.01. The summed E-state index contributed by atoms with van der Waals surface area (Å²) < 4.78 is 5.38. The van der Waals surface area contributed by atoms with Gasteiger partial charge in [-0.1, -0.05) is 23.7 Å². The molecule has 82 valence electrons. The van der Waals surface area contributed by atoms with Gasteiger partial charge in [-0.15, -0.1) is 0 Å². The molecular formula is C12H16ClNO. The van der Waals surface area contributed by atoms with Crippen molar-refractivity contribution in [2.75, 3.05) is 13.2 Å². The SMILES string of the molecule is CC(N)(c1ccc(Cl)cc1)C1CCOC1. The van der Waals surface area contributed by atoms with Crippen LogP contribution in [0.25, 0.3) is 0 Å². The molecule has 2 unspecified atom stereocenters. The first-order valence-corrected chi connectivity index (χ1v) is 5.61. The molecular weight excluding hydrogens is 210 g/mol. The maximum Gasteiger partial charge on any atom is 0.0515 e. The van der Waals surface area contributed by atoms with E-state index in [9.17, 15) is 0 Å². The molecule has 0 saturated carbocycles. The molecule has 2 atom stereocenters. The highest BCUT2D eigenvalue weighted by atomic mass is 35.5. The maximum absolute atomic E-state index is 6.37. The van der Waals surface area contributed by atoms with Crippen LogP contribution in [0, 0.1) is 5.92 Å². The number of hydrogen-bond acceptors (Lipinski definition) is 2. The van der Waals surface area contributed by atoms with Crippen molar-refractivity contribution in [1.29, 1.82) is 0 Å². The van der Waals surface area contributed by atoms with Gasteiger partial charge in [-0.05, 0) is 31.0 Å². The fourth-order valence-corrected chi connectivity index (χ4v) is 2.18. The largest absolute Gasteiger partial charge is 0.381 e. The normalized spacial score (nSPS) is 25.1.